The molecule has 0 bridgehead atoms. The zero-order chi connectivity index (χ0) is 15.3. The molecule has 0 fully saturated rings. The van der Waals surface area contributed by atoms with E-state index in [9.17, 15) is 5.11 Å². The standard InChI is InChI=1S/C17H19ClO3/c1-20-12-17(19,14-6-4-3-5-7-14)11-13-10-15(18)8-9-16(13)21-2/h3-10,19H,11-12H2,1-2H3. The maximum atomic E-state index is 11.0. The Balaban J connectivity index is 2.39. The van der Waals surface area contributed by atoms with Crippen molar-refractivity contribution in [2.24, 2.45) is 0 Å². The molecule has 0 heterocycles. The average molecular weight is 307 g/mol. The highest BCUT2D eigenvalue weighted by Gasteiger charge is 2.30. The van der Waals surface area contributed by atoms with Crippen LogP contribution in [0.25, 0.3) is 0 Å². The zero-order valence-electron chi connectivity index (χ0n) is 12.2. The van der Waals surface area contributed by atoms with Crippen LogP contribution in [0.2, 0.25) is 5.02 Å². The maximum absolute atomic E-state index is 11.0. The van der Waals surface area contributed by atoms with Crippen molar-refractivity contribution in [1.82, 2.24) is 0 Å². The third-order valence-electron chi connectivity index (χ3n) is 3.42. The Morgan fingerprint density at radius 3 is 2.43 bits per heavy atom. The van der Waals surface area contributed by atoms with Crippen LogP contribution in [0.15, 0.2) is 48.5 Å². The molecule has 0 saturated carbocycles. The number of benzene rings is 2. The smallest absolute Gasteiger partial charge is 0.122 e. The van der Waals surface area contributed by atoms with Gasteiger partial charge in [-0.3, -0.25) is 0 Å². The lowest BCUT2D eigenvalue weighted by Crippen LogP contribution is -2.34. The summed E-state index contributed by atoms with van der Waals surface area (Å²) < 4.78 is 10.6. The minimum Gasteiger partial charge on any atom is -0.496 e. The Kier molecular flexibility index (Phi) is 5.23. The highest BCUT2D eigenvalue weighted by atomic mass is 35.5. The van der Waals surface area contributed by atoms with Crippen LogP contribution >= 0.6 is 11.6 Å². The molecule has 0 aliphatic carbocycles. The van der Waals surface area contributed by atoms with Crippen LogP contribution in [0.3, 0.4) is 0 Å². The first-order valence-electron chi connectivity index (χ1n) is 6.68. The fourth-order valence-corrected chi connectivity index (χ4v) is 2.62. The van der Waals surface area contributed by atoms with Crippen LogP contribution < -0.4 is 4.74 Å². The Bertz CT molecular complexity index is 586. The van der Waals surface area contributed by atoms with Gasteiger partial charge in [0.1, 0.15) is 11.4 Å². The number of methoxy groups -OCH3 is 2. The van der Waals surface area contributed by atoms with Crippen molar-refractivity contribution in [2.45, 2.75) is 12.0 Å². The number of halogens is 1. The van der Waals surface area contributed by atoms with Gasteiger partial charge in [0.2, 0.25) is 0 Å². The first-order valence-corrected chi connectivity index (χ1v) is 7.06. The zero-order valence-corrected chi connectivity index (χ0v) is 12.9. The van der Waals surface area contributed by atoms with Crippen LogP contribution in [0.5, 0.6) is 5.75 Å². The molecule has 2 rings (SSSR count). The molecule has 0 saturated heterocycles. The van der Waals surface area contributed by atoms with Gasteiger partial charge in [-0.25, -0.2) is 0 Å². The molecule has 2 aromatic rings. The molecular formula is C17H19ClO3. The van der Waals surface area contributed by atoms with Gasteiger partial charge >= 0.3 is 0 Å². The largest absolute Gasteiger partial charge is 0.496 e. The van der Waals surface area contributed by atoms with E-state index in [0.29, 0.717) is 17.2 Å². The Morgan fingerprint density at radius 1 is 1.10 bits per heavy atom. The van der Waals surface area contributed by atoms with Crippen molar-refractivity contribution < 1.29 is 14.6 Å². The highest BCUT2D eigenvalue weighted by molar-refractivity contribution is 6.30. The van der Waals surface area contributed by atoms with Crippen LogP contribution in [-0.4, -0.2) is 25.9 Å². The quantitative estimate of drug-likeness (QED) is 0.888. The van der Waals surface area contributed by atoms with Crippen LogP contribution in [0, 0.1) is 0 Å². The van der Waals surface area contributed by atoms with Gasteiger partial charge in [0.05, 0.1) is 13.7 Å². The fourth-order valence-electron chi connectivity index (χ4n) is 2.42. The number of aliphatic hydroxyl groups is 1. The lowest BCUT2D eigenvalue weighted by Gasteiger charge is -2.28. The minimum absolute atomic E-state index is 0.187. The number of hydrogen-bond donors (Lipinski definition) is 1. The van der Waals surface area contributed by atoms with Crippen molar-refractivity contribution in [2.75, 3.05) is 20.8 Å². The monoisotopic (exact) mass is 306 g/mol. The highest BCUT2D eigenvalue weighted by Crippen LogP contribution is 2.31. The molecule has 0 amide bonds. The second-order valence-corrected chi connectivity index (χ2v) is 5.40. The summed E-state index contributed by atoms with van der Waals surface area (Å²) in [5.41, 5.74) is 0.510. The SMILES string of the molecule is COCC(O)(Cc1cc(Cl)ccc1OC)c1ccccc1. The molecule has 1 unspecified atom stereocenters. The van der Waals surface area contributed by atoms with E-state index in [-0.39, 0.29) is 6.61 Å². The number of rotatable bonds is 6. The topological polar surface area (TPSA) is 38.7 Å². The third kappa shape index (κ3) is 3.76. The predicted molar refractivity (Wildman–Crippen MR) is 83.9 cm³/mol. The second-order valence-electron chi connectivity index (χ2n) is 4.96. The summed E-state index contributed by atoms with van der Waals surface area (Å²) in [6.07, 6.45) is 0.356. The van der Waals surface area contributed by atoms with Gasteiger partial charge in [0, 0.05) is 18.6 Å². The van der Waals surface area contributed by atoms with Gasteiger partial charge in [-0.15, -0.1) is 0 Å². The summed E-state index contributed by atoms with van der Waals surface area (Å²) in [4.78, 5) is 0. The second kappa shape index (κ2) is 6.94. The first kappa shape index (κ1) is 15.8. The van der Waals surface area contributed by atoms with Gasteiger partial charge in [0.25, 0.3) is 0 Å². The van der Waals surface area contributed by atoms with E-state index in [1.165, 1.54) is 0 Å². The van der Waals surface area contributed by atoms with Gasteiger partial charge < -0.3 is 14.6 Å². The molecular weight excluding hydrogens is 288 g/mol. The fraction of sp³-hybridized carbons (Fsp3) is 0.294. The van der Waals surface area contributed by atoms with Crippen molar-refractivity contribution in [3.8, 4) is 5.75 Å². The molecule has 0 spiro atoms. The van der Waals surface area contributed by atoms with E-state index < -0.39 is 5.60 Å². The van der Waals surface area contributed by atoms with E-state index in [0.717, 1.165) is 11.1 Å². The van der Waals surface area contributed by atoms with Crippen molar-refractivity contribution >= 4 is 11.6 Å². The lowest BCUT2D eigenvalue weighted by atomic mass is 9.87. The van der Waals surface area contributed by atoms with E-state index in [1.807, 2.05) is 36.4 Å². The number of ether oxygens (including phenoxy) is 2. The lowest BCUT2D eigenvalue weighted by molar-refractivity contribution is -0.0358. The Morgan fingerprint density at radius 2 is 1.81 bits per heavy atom. The normalized spacial score (nSPS) is 13.7. The van der Waals surface area contributed by atoms with Gasteiger partial charge in [0.15, 0.2) is 0 Å². The van der Waals surface area contributed by atoms with E-state index in [1.54, 1.807) is 26.4 Å². The molecule has 112 valence electrons. The summed E-state index contributed by atoms with van der Waals surface area (Å²) in [7, 11) is 3.17. The molecule has 4 heteroatoms. The van der Waals surface area contributed by atoms with Crippen molar-refractivity contribution in [3.05, 3.63) is 64.7 Å². The maximum Gasteiger partial charge on any atom is 0.122 e. The van der Waals surface area contributed by atoms with Gasteiger partial charge in [-0.05, 0) is 29.3 Å². The summed E-state index contributed by atoms with van der Waals surface area (Å²) in [5, 5.41) is 11.6. The molecule has 3 nitrogen and oxygen atoms in total. The van der Waals surface area contributed by atoms with Crippen molar-refractivity contribution in [1.29, 1.82) is 0 Å². The van der Waals surface area contributed by atoms with E-state index in [4.69, 9.17) is 21.1 Å². The van der Waals surface area contributed by atoms with Gasteiger partial charge in [-0.2, -0.15) is 0 Å². The molecule has 2 aromatic carbocycles. The molecule has 21 heavy (non-hydrogen) atoms. The summed E-state index contributed by atoms with van der Waals surface area (Å²) in [5.74, 6) is 0.699. The molecule has 0 radical (unpaired) electrons. The van der Waals surface area contributed by atoms with Crippen LogP contribution in [-0.2, 0) is 16.8 Å². The molecule has 0 aliphatic heterocycles. The Hall–Kier alpha value is -1.55. The molecule has 0 aliphatic rings. The van der Waals surface area contributed by atoms with Crippen LogP contribution in [0.4, 0.5) is 0 Å². The first-order chi connectivity index (χ1) is 10.1. The van der Waals surface area contributed by atoms with Crippen LogP contribution in [0.1, 0.15) is 11.1 Å². The van der Waals surface area contributed by atoms with Crippen molar-refractivity contribution in [3.63, 3.8) is 0 Å². The number of hydrogen-bond acceptors (Lipinski definition) is 3. The summed E-state index contributed by atoms with van der Waals surface area (Å²) in [6, 6.07) is 14.8. The Labute approximate surface area is 130 Å². The van der Waals surface area contributed by atoms with Gasteiger partial charge in [-0.1, -0.05) is 41.9 Å². The summed E-state index contributed by atoms with van der Waals surface area (Å²) >= 11 is 6.06. The molecule has 1 N–H and O–H groups in total. The van der Waals surface area contributed by atoms with E-state index >= 15 is 0 Å². The predicted octanol–water partition coefficient (Wildman–Crippen LogP) is 3.43. The average Bonchev–Trinajstić information content (AvgIpc) is 2.48. The van der Waals surface area contributed by atoms with E-state index in [2.05, 4.69) is 0 Å². The third-order valence-corrected chi connectivity index (χ3v) is 3.65. The summed E-state index contributed by atoms with van der Waals surface area (Å²) in [6.45, 7) is 0.187. The molecule has 1 atom stereocenters. The molecule has 0 aromatic heterocycles. The minimum atomic E-state index is -1.13.